The molecule has 69 heavy (non-hydrogen) atoms. The van der Waals surface area contributed by atoms with E-state index in [1.165, 1.54) is 0 Å². The van der Waals surface area contributed by atoms with Crippen molar-refractivity contribution in [2.45, 2.75) is 204 Å². The number of hydrogen-bond donors (Lipinski definition) is 0. The number of esters is 2. The first-order valence-corrected chi connectivity index (χ1v) is 23.9. The number of carbonyl (C=O) groups is 6. The van der Waals surface area contributed by atoms with E-state index in [0.29, 0.717) is 24.7 Å². The van der Waals surface area contributed by atoms with Gasteiger partial charge in [-0.3, -0.25) is 9.59 Å². The topological polar surface area (TPSA) is 332 Å². The first-order chi connectivity index (χ1) is 31.9. The van der Waals surface area contributed by atoms with Crippen LogP contribution < -0.4 is 20.4 Å². The first kappa shape index (κ1) is 57.0. The number of nitrogens with zero attached hydrogens (tertiary/aromatic N) is 2. The molecule has 8 saturated heterocycles. The van der Waals surface area contributed by atoms with E-state index in [-0.39, 0.29) is 82.3 Å². The van der Waals surface area contributed by atoms with Crippen molar-refractivity contribution >= 4 is 35.8 Å². The van der Waals surface area contributed by atoms with E-state index >= 15 is 0 Å². The van der Waals surface area contributed by atoms with E-state index in [9.17, 15) is 29.4 Å². The van der Waals surface area contributed by atoms with Gasteiger partial charge >= 0.3 is 33.0 Å². The fourth-order valence-corrected chi connectivity index (χ4v) is 11.9. The molecule has 2 unspecified atom stereocenters. The summed E-state index contributed by atoms with van der Waals surface area (Å²) >= 11 is 0. The zero-order valence-corrected chi connectivity index (χ0v) is 42.0. The molecular formula is C46H64N2O20Pt-2. The molecule has 18 atom stereocenters. The number of carbonyl (C=O) groups excluding carboxylic acids is 6. The summed E-state index contributed by atoms with van der Waals surface area (Å²) in [6.45, 7) is 12.1. The summed E-state index contributed by atoms with van der Waals surface area (Å²) in [7, 11) is 0. The van der Waals surface area contributed by atoms with E-state index < -0.39 is 95.8 Å². The number of rotatable bonds is 8. The molecule has 0 N–H and O–H groups in total. The molecule has 11 aliphatic rings. The van der Waals surface area contributed by atoms with E-state index in [0.717, 1.165) is 64.2 Å². The van der Waals surface area contributed by atoms with Crippen molar-refractivity contribution in [1.29, 1.82) is 0 Å². The Morgan fingerprint density at radius 1 is 0.522 bits per heavy atom. The molecule has 3 aliphatic carbocycles. The number of carboxylic acids is 4. The quantitative estimate of drug-likeness (QED) is 0.186. The Labute approximate surface area is 415 Å². The zero-order chi connectivity index (χ0) is 49.9. The third-order valence-electron chi connectivity index (χ3n) is 15.6. The Bertz CT molecular complexity index is 1720. The second-order valence-corrected chi connectivity index (χ2v) is 20.3. The molecule has 2 spiro atoms. The van der Waals surface area contributed by atoms with Crippen LogP contribution in [0.3, 0.4) is 0 Å². The molecule has 0 amide bonds. The van der Waals surface area contributed by atoms with Crippen molar-refractivity contribution in [2.24, 2.45) is 47.3 Å². The largest absolute Gasteiger partial charge is 4.00 e. The van der Waals surface area contributed by atoms with Crippen LogP contribution in [0.5, 0.6) is 0 Å². The van der Waals surface area contributed by atoms with Crippen LogP contribution in [0, 0.1) is 47.3 Å². The molecule has 390 valence electrons. The zero-order valence-electron chi connectivity index (χ0n) is 39.8. The van der Waals surface area contributed by atoms with Gasteiger partial charge in [-0.05, 0) is 88.9 Å². The Morgan fingerprint density at radius 2 is 0.884 bits per heavy atom. The van der Waals surface area contributed by atoms with E-state index in [1.807, 2.05) is 27.7 Å². The van der Waals surface area contributed by atoms with E-state index in [4.69, 9.17) is 79.2 Å². The summed E-state index contributed by atoms with van der Waals surface area (Å²) in [5.74, 6) is -8.70. The third-order valence-corrected chi connectivity index (χ3v) is 15.6. The van der Waals surface area contributed by atoms with Gasteiger partial charge in [0.05, 0.1) is 24.8 Å². The van der Waals surface area contributed by atoms with Crippen LogP contribution in [0.2, 0.25) is 0 Å². The van der Waals surface area contributed by atoms with Crippen molar-refractivity contribution in [1.82, 2.24) is 0 Å². The molecule has 0 aromatic carbocycles. The smallest absolute Gasteiger partial charge is 0.806 e. The number of ether oxygens (including phenoxy) is 6. The average Bonchev–Trinajstić information content (AvgIpc) is 3.66. The maximum Gasteiger partial charge on any atom is 4.00 e. The Kier molecular flexibility index (Phi) is 19.3. The van der Waals surface area contributed by atoms with Gasteiger partial charge in [-0.2, -0.15) is 12.1 Å². The van der Waals surface area contributed by atoms with Crippen LogP contribution in [0.4, 0.5) is 0 Å². The van der Waals surface area contributed by atoms with Crippen LogP contribution in [0.25, 0.3) is 11.5 Å². The van der Waals surface area contributed by atoms with E-state index in [1.54, 1.807) is 0 Å². The molecule has 8 heterocycles. The van der Waals surface area contributed by atoms with Crippen molar-refractivity contribution in [3.63, 3.8) is 0 Å². The molecule has 0 aromatic heterocycles. The van der Waals surface area contributed by atoms with Crippen LogP contribution in [0.15, 0.2) is 0 Å². The number of aliphatic carboxylic acids is 4. The molecule has 23 heteroatoms. The first-order valence-electron chi connectivity index (χ1n) is 23.9. The predicted molar refractivity (Wildman–Crippen MR) is 217 cm³/mol. The minimum Gasteiger partial charge on any atom is -0.806 e. The van der Waals surface area contributed by atoms with Gasteiger partial charge in [-0.25, -0.2) is 19.6 Å². The minimum atomic E-state index is -2.19. The van der Waals surface area contributed by atoms with Crippen LogP contribution >= 0.6 is 0 Å². The molecule has 3 saturated carbocycles. The summed E-state index contributed by atoms with van der Waals surface area (Å²) < 4.78 is 35.5. The molecule has 11 fully saturated rings. The molecule has 8 aliphatic heterocycles. The summed E-state index contributed by atoms with van der Waals surface area (Å²) in [6, 6.07) is -0.882. The maximum atomic E-state index is 12.0. The summed E-state index contributed by atoms with van der Waals surface area (Å²) in [5, 5.41) is 39.0. The number of fused-ring (bicyclic) bond motifs is 4. The number of carboxylic acid groups (broad SMARTS) is 4. The van der Waals surface area contributed by atoms with Gasteiger partial charge in [0.2, 0.25) is 24.2 Å². The van der Waals surface area contributed by atoms with Gasteiger partial charge in [-0.1, -0.05) is 53.4 Å². The summed E-state index contributed by atoms with van der Waals surface area (Å²) in [6.07, 6.45) is 6.65. The van der Waals surface area contributed by atoms with Crippen molar-refractivity contribution < 1.29 is 118 Å². The molecule has 11 rings (SSSR count). The van der Waals surface area contributed by atoms with Gasteiger partial charge in [0.25, 0.3) is 0 Å². The number of hydrogen-bond acceptors (Lipinski definition) is 20. The van der Waals surface area contributed by atoms with Crippen molar-refractivity contribution in [3.8, 4) is 0 Å². The van der Waals surface area contributed by atoms with Gasteiger partial charge < -0.3 is 79.5 Å². The molecule has 22 nitrogen and oxygen atoms in total. The maximum absolute atomic E-state index is 12.0. The van der Waals surface area contributed by atoms with Crippen molar-refractivity contribution in [3.05, 3.63) is 11.5 Å². The summed E-state index contributed by atoms with van der Waals surface area (Å²) in [4.78, 5) is 86.6. The molecule has 2 radical (unpaired) electrons. The van der Waals surface area contributed by atoms with Gasteiger partial charge in [0.1, 0.15) is 0 Å². The third kappa shape index (κ3) is 12.5. The summed E-state index contributed by atoms with van der Waals surface area (Å²) in [5.41, 5.74) is 16.4. The SMILES string of the molecule is C[C@H]1[C@H](OC(=O)CCC(=O)[O-])O[C@@H]2O[C@@]3(C)CC[C@H]4[C@H](C)CC[C@@H]1[C@@]24OO3.C[C@H]1[C@H](OC(=O)CCC(=O)[O-])O[C@@H]2O[C@@]3(C)CC[C@H]4[C@H](C)CC[C@@H]1[C@@]24OO3.O=C([O-])C(=O)[O-].[N-]C1CCCCC1[N-].[Pt+4]. The monoisotopic (exact) mass is 1160 g/mol. The fourth-order valence-electron chi connectivity index (χ4n) is 11.9. The molecule has 0 aromatic rings. The standard InChI is InChI=1S/2C19H28O8.C6H10N2.C2H2O4.Pt/c2*1-10-4-5-13-11(2)16(23-15(22)7-6-14(20)21)24-17-19(13)12(10)8-9-18(3,25-17)26-27-19;7-5-3-1-2-4-6(5)8;3-1(4)2(5)6;/h2*10-13,16-17H,4-9H2,1-3H3,(H,20,21);5-6H,1-4H2;(H,3,4)(H,5,6);/q;;-2;;+4/p-4/t2*10-,11-,12+,13+,16-,17-,18-,19-;;;/m11.../s1. The Morgan fingerprint density at radius 3 is 1.20 bits per heavy atom. The van der Waals surface area contributed by atoms with E-state index in [2.05, 4.69) is 13.8 Å². The second kappa shape index (κ2) is 23.3. The van der Waals surface area contributed by atoms with Crippen molar-refractivity contribution in [2.75, 3.05) is 0 Å². The Balaban J connectivity index is 0.000000199. The van der Waals surface area contributed by atoms with Crippen LogP contribution in [-0.2, 0) is 97.8 Å². The minimum absolute atomic E-state index is 0. The van der Waals surface area contributed by atoms with Gasteiger partial charge in [0, 0.05) is 48.5 Å². The average molecular weight is 1160 g/mol. The second-order valence-electron chi connectivity index (χ2n) is 20.3. The molecule has 4 bridgehead atoms. The predicted octanol–water partition coefficient (Wildman–Crippen LogP) is 0.993. The Hall–Kier alpha value is -2.89. The molecular weight excluding hydrogens is 1100 g/mol. The van der Waals surface area contributed by atoms with Gasteiger partial charge in [-0.15, -0.1) is 0 Å². The normalized spacial score (nSPS) is 43.1. The van der Waals surface area contributed by atoms with Crippen LogP contribution in [0.1, 0.15) is 144 Å². The van der Waals surface area contributed by atoms with Gasteiger partial charge in [0.15, 0.2) is 23.8 Å². The van der Waals surface area contributed by atoms with Crippen LogP contribution in [-0.4, -0.2) is 95.8 Å². The fraction of sp³-hybridized carbons (Fsp3) is 0.870.